The lowest BCUT2D eigenvalue weighted by molar-refractivity contribution is -0.121. The van der Waals surface area contributed by atoms with Gasteiger partial charge in [-0.3, -0.25) is 9.59 Å². The van der Waals surface area contributed by atoms with Crippen molar-refractivity contribution in [3.63, 3.8) is 0 Å². The van der Waals surface area contributed by atoms with Crippen molar-refractivity contribution in [3.05, 3.63) is 71.8 Å². The van der Waals surface area contributed by atoms with Crippen LogP contribution in [0.5, 0.6) is 5.75 Å². The van der Waals surface area contributed by atoms with Crippen molar-refractivity contribution in [2.75, 3.05) is 23.8 Å². The van der Waals surface area contributed by atoms with E-state index >= 15 is 0 Å². The third-order valence-corrected chi connectivity index (χ3v) is 5.12. The Labute approximate surface area is 162 Å². The Morgan fingerprint density at radius 2 is 2.07 bits per heavy atom. The first-order valence-corrected chi connectivity index (χ1v) is 9.56. The zero-order valence-electron chi connectivity index (χ0n) is 14.7. The molecule has 1 aliphatic heterocycles. The molecule has 0 unspecified atom stereocenters. The quantitative estimate of drug-likeness (QED) is 0.544. The number of Topliss-reactive ketones (excluding diaryl/α,β-unsaturated/α-hetero) is 1. The van der Waals surface area contributed by atoms with Crippen LogP contribution in [0.2, 0.25) is 0 Å². The van der Waals surface area contributed by atoms with Crippen molar-refractivity contribution in [1.29, 1.82) is 5.26 Å². The molecule has 0 spiro atoms. The molecule has 0 saturated carbocycles. The number of carbonyl (C=O) groups excluding carboxylic acids is 2. The number of fused-ring (bicyclic) bond motifs is 1. The van der Waals surface area contributed by atoms with E-state index in [9.17, 15) is 9.59 Å². The molecule has 1 heterocycles. The Morgan fingerprint density at radius 1 is 1.30 bits per heavy atom. The average Bonchev–Trinajstić information content (AvgIpc) is 2.70. The molecule has 0 fully saturated rings. The summed E-state index contributed by atoms with van der Waals surface area (Å²) in [6.45, 7) is 4.05. The molecule has 1 aliphatic rings. The molecule has 0 N–H and O–H groups in total. The molecule has 6 heteroatoms. The number of nitriles is 1. The first kappa shape index (κ1) is 18.7. The smallest absolute Gasteiger partial charge is 0.265 e. The van der Waals surface area contributed by atoms with Gasteiger partial charge in [-0.05, 0) is 35.9 Å². The van der Waals surface area contributed by atoms with Crippen LogP contribution in [0.15, 0.2) is 55.1 Å². The van der Waals surface area contributed by atoms with Crippen LogP contribution in [0.1, 0.15) is 21.5 Å². The number of rotatable bonds is 7. The van der Waals surface area contributed by atoms with E-state index in [1.165, 1.54) is 11.8 Å². The topological polar surface area (TPSA) is 70.4 Å². The van der Waals surface area contributed by atoms with Gasteiger partial charge < -0.3 is 9.64 Å². The number of hydrogen-bond acceptors (Lipinski definition) is 5. The van der Waals surface area contributed by atoms with Gasteiger partial charge in [0.25, 0.3) is 5.91 Å². The van der Waals surface area contributed by atoms with Crippen LogP contribution < -0.4 is 9.64 Å². The number of anilines is 1. The molecule has 5 nitrogen and oxygen atoms in total. The van der Waals surface area contributed by atoms with Crippen LogP contribution in [-0.4, -0.2) is 30.6 Å². The Hall–Kier alpha value is -3.04. The van der Waals surface area contributed by atoms with E-state index in [-0.39, 0.29) is 18.3 Å². The van der Waals surface area contributed by atoms with Crippen LogP contribution in [0.3, 0.4) is 0 Å². The first-order chi connectivity index (χ1) is 13.1. The molecule has 1 amide bonds. The molecule has 3 rings (SSSR count). The van der Waals surface area contributed by atoms with Gasteiger partial charge in [-0.25, -0.2) is 0 Å². The van der Waals surface area contributed by atoms with Crippen LogP contribution in [0, 0.1) is 11.3 Å². The van der Waals surface area contributed by atoms with E-state index in [4.69, 9.17) is 10.00 Å². The number of ketones is 1. The fourth-order valence-electron chi connectivity index (χ4n) is 2.73. The Morgan fingerprint density at radius 3 is 2.78 bits per heavy atom. The first-order valence-electron chi connectivity index (χ1n) is 8.40. The molecule has 0 aromatic heterocycles. The monoisotopic (exact) mass is 378 g/mol. The summed E-state index contributed by atoms with van der Waals surface area (Å²) in [6.07, 6.45) is 1.65. The highest BCUT2D eigenvalue weighted by Crippen LogP contribution is 2.33. The van der Waals surface area contributed by atoms with Gasteiger partial charge in [-0.2, -0.15) is 5.26 Å². The molecule has 2 aromatic carbocycles. The summed E-state index contributed by atoms with van der Waals surface area (Å²) in [5.74, 6) is 1.45. The molecular formula is C21H18N2O3S. The normalized spacial score (nSPS) is 12.7. The van der Waals surface area contributed by atoms with E-state index in [2.05, 4.69) is 12.6 Å². The van der Waals surface area contributed by atoms with Crippen molar-refractivity contribution in [1.82, 2.24) is 0 Å². The van der Waals surface area contributed by atoms with Gasteiger partial charge in [0.05, 0.1) is 23.1 Å². The highest BCUT2D eigenvalue weighted by atomic mass is 32.2. The molecule has 0 atom stereocenters. The van der Waals surface area contributed by atoms with Crippen LogP contribution in [0.4, 0.5) is 5.69 Å². The summed E-state index contributed by atoms with van der Waals surface area (Å²) < 4.78 is 5.44. The second-order valence-electron chi connectivity index (χ2n) is 5.99. The number of hydrogen-bond donors (Lipinski definition) is 0. The van der Waals surface area contributed by atoms with Gasteiger partial charge in [-0.1, -0.05) is 18.2 Å². The maximum atomic E-state index is 12.5. The number of amides is 1. The number of thioether (sulfide) groups is 1. The minimum Gasteiger partial charge on any atom is -0.482 e. The van der Waals surface area contributed by atoms with E-state index in [0.29, 0.717) is 40.6 Å². The molecule has 0 bridgehead atoms. The number of nitrogens with zero attached hydrogens (tertiary/aromatic N) is 2. The van der Waals surface area contributed by atoms with Gasteiger partial charge in [0.2, 0.25) is 0 Å². The molecule has 136 valence electrons. The summed E-state index contributed by atoms with van der Waals surface area (Å²) in [6, 6.07) is 14.6. The van der Waals surface area contributed by atoms with Gasteiger partial charge in [-0.15, -0.1) is 18.3 Å². The maximum absolute atomic E-state index is 12.5. The predicted molar refractivity (Wildman–Crippen MR) is 106 cm³/mol. The molecule has 0 radical (unpaired) electrons. The van der Waals surface area contributed by atoms with E-state index < -0.39 is 0 Å². The molecule has 27 heavy (non-hydrogen) atoms. The summed E-state index contributed by atoms with van der Waals surface area (Å²) in [7, 11) is 0. The lowest BCUT2D eigenvalue weighted by atomic mass is 10.1. The van der Waals surface area contributed by atoms with E-state index in [1.807, 2.05) is 12.1 Å². The maximum Gasteiger partial charge on any atom is 0.265 e. The zero-order chi connectivity index (χ0) is 19.2. The highest BCUT2D eigenvalue weighted by molar-refractivity contribution is 7.99. The third kappa shape index (κ3) is 4.39. The second kappa shape index (κ2) is 8.56. The van der Waals surface area contributed by atoms with Gasteiger partial charge in [0.15, 0.2) is 12.4 Å². The van der Waals surface area contributed by atoms with E-state index in [1.54, 1.807) is 41.3 Å². The molecule has 0 saturated heterocycles. The number of carbonyl (C=O) groups is 2. The van der Waals surface area contributed by atoms with Crippen molar-refractivity contribution in [3.8, 4) is 11.8 Å². The molecule has 0 aliphatic carbocycles. The fraction of sp³-hybridized carbons (Fsp3) is 0.190. The zero-order valence-corrected chi connectivity index (χ0v) is 15.5. The van der Waals surface area contributed by atoms with Crippen molar-refractivity contribution >= 4 is 29.1 Å². The van der Waals surface area contributed by atoms with Crippen molar-refractivity contribution < 1.29 is 14.3 Å². The minimum absolute atomic E-state index is 0.00538. The molecular weight excluding hydrogens is 360 g/mol. The second-order valence-corrected chi connectivity index (χ2v) is 6.97. The number of ether oxygens (including phenoxy) is 1. The molecule has 2 aromatic rings. The fourth-order valence-corrected chi connectivity index (χ4v) is 3.61. The Kier molecular flexibility index (Phi) is 5.94. The standard InChI is InChI=1S/C21H18N2O3S/c1-2-9-23-18-10-17(7-8-20(18)26-12-21(23)25)19(24)14-27-13-16-5-3-15(11-22)4-6-16/h2-8,10H,1,9,12-14H2. The summed E-state index contributed by atoms with van der Waals surface area (Å²) in [5, 5.41) is 8.82. The van der Waals surface area contributed by atoms with Crippen LogP contribution >= 0.6 is 11.8 Å². The van der Waals surface area contributed by atoms with Crippen LogP contribution in [0.25, 0.3) is 0 Å². The largest absolute Gasteiger partial charge is 0.482 e. The number of benzene rings is 2. The van der Waals surface area contributed by atoms with Crippen molar-refractivity contribution in [2.24, 2.45) is 0 Å². The summed E-state index contributed by atoms with van der Waals surface area (Å²) in [4.78, 5) is 26.2. The van der Waals surface area contributed by atoms with Gasteiger partial charge >= 0.3 is 0 Å². The predicted octanol–water partition coefficient (Wildman–Crippen LogP) is 3.59. The Bertz CT molecular complexity index is 916. The summed E-state index contributed by atoms with van der Waals surface area (Å²) in [5.41, 5.74) is 2.84. The van der Waals surface area contributed by atoms with Gasteiger partial charge in [0, 0.05) is 17.9 Å². The van der Waals surface area contributed by atoms with Crippen LogP contribution in [-0.2, 0) is 10.5 Å². The SMILES string of the molecule is C=CCN1C(=O)COc2ccc(C(=O)CSCc3ccc(C#N)cc3)cc21. The van der Waals surface area contributed by atoms with Crippen molar-refractivity contribution in [2.45, 2.75) is 5.75 Å². The lowest BCUT2D eigenvalue weighted by Gasteiger charge is -2.28. The highest BCUT2D eigenvalue weighted by Gasteiger charge is 2.25. The average molecular weight is 378 g/mol. The van der Waals surface area contributed by atoms with E-state index in [0.717, 1.165) is 5.56 Å². The minimum atomic E-state index is -0.151. The lowest BCUT2D eigenvalue weighted by Crippen LogP contribution is -2.38. The Balaban J connectivity index is 1.65. The third-order valence-electron chi connectivity index (χ3n) is 4.12. The van der Waals surface area contributed by atoms with Gasteiger partial charge in [0.1, 0.15) is 5.75 Å². The summed E-state index contributed by atoms with van der Waals surface area (Å²) >= 11 is 1.51.